The van der Waals surface area contributed by atoms with E-state index in [2.05, 4.69) is 11.1 Å². The maximum atomic E-state index is 9.08. The van der Waals surface area contributed by atoms with E-state index >= 15 is 0 Å². The van der Waals surface area contributed by atoms with Crippen molar-refractivity contribution in [1.82, 2.24) is 4.98 Å². The zero-order valence-electron chi connectivity index (χ0n) is 11.0. The molecule has 0 fully saturated rings. The lowest BCUT2D eigenvalue weighted by atomic mass is 10.2. The van der Waals surface area contributed by atoms with Crippen LogP contribution in [0.1, 0.15) is 11.1 Å². The van der Waals surface area contributed by atoms with Gasteiger partial charge in [0, 0.05) is 19.8 Å². The third kappa shape index (κ3) is 3.02. The van der Waals surface area contributed by atoms with Crippen LogP contribution in [-0.2, 0) is 6.54 Å². The molecule has 19 heavy (non-hydrogen) atoms. The van der Waals surface area contributed by atoms with Gasteiger partial charge in [-0.25, -0.2) is 4.98 Å². The maximum Gasteiger partial charge on any atom is 0.146 e. The number of hydrogen-bond acceptors (Lipinski definition) is 4. The Kier molecular flexibility index (Phi) is 3.99. The summed E-state index contributed by atoms with van der Waals surface area (Å²) >= 11 is 0. The molecule has 0 aliphatic heterocycles. The van der Waals surface area contributed by atoms with Crippen LogP contribution in [0.5, 0.6) is 5.75 Å². The Balaban J connectivity index is 2.21. The third-order valence-electron chi connectivity index (χ3n) is 2.82. The smallest absolute Gasteiger partial charge is 0.146 e. The van der Waals surface area contributed by atoms with Crippen LogP contribution in [0.3, 0.4) is 0 Å². The molecule has 0 radical (unpaired) electrons. The van der Waals surface area contributed by atoms with E-state index in [0.29, 0.717) is 17.9 Å². The first-order valence-electron chi connectivity index (χ1n) is 5.94. The van der Waals surface area contributed by atoms with Crippen LogP contribution in [0.2, 0.25) is 0 Å². The van der Waals surface area contributed by atoms with Gasteiger partial charge in [0.1, 0.15) is 17.6 Å². The zero-order valence-corrected chi connectivity index (χ0v) is 11.0. The van der Waals surface area contributed by atoms with Crippen LogP contribution in [0.25, 0.3) is 0 Å². The first-order valence-corrected chi connectivity index (χ1v) is 5.94. The van der Waals surface area contributed by atoms with Crippen molar-refractivity contribution in [2.45, 2.75) is 6.54 Å². The van der Waals surface area contributed by atoms with E-state index in [1.54, 1.807) is 25.4 Å². The van der Waals surface area contributed by atoms with E-state index < -0.39 is 0 Å². The van der Waals surface area contributed by atoms with Crippen molar-refractivity contribution in [1.29, 1.82) is 5.26 Å². The Labute approximate surface area is 112 Å². The number of benzene rings is 1. The van der Waals surface area contributed by atoms with Crippen LogP contribution in [0, 0.1) is 11.3 Å². The molecular weight excluding hydrogens is 238 g/mol. The fraction of sp³-hybridized carbons (Fsp3) is 0.200. The molecule has 1 heterocycles. The molecule has 4 nitrogen and oxygen atoms in total. The lowest BCUT2D eigenvalue weighted by molar-refractivity contribution is 0.414. The minimum Gasteiger partial charge on any atom is -0.497 e. The van der Waals surface area contributed by atoms with E-state index in [9.17, 15) is 0 Å². The van der Waals surface area contributed by atoms with E-state index in [0.717, 1.165) is 11.3 Å². The zero-order chi connectivity index (χ0) is 13.7. The van der Waals surface area contributed by atoms with E-state index in [-0.39, 0.29) is 0 Å². The van der Waals surface area contributed by atoms with Gasteiger partial charge in [0.25, 0.3) is 0 Å². The Bertz CT molecular complexity index is 604. The Morgan fingerprint density at radius 3 is 2.89 bits per heavy atom. The van der Waals surface area contributed by atoms with Crippen molar-refractivity contribution in [2.75, 3.05) is 19.1 Å². The van der Waals surface area contributed by atoms with Crippen molar-refractivity contribution in [3.63, 3.8) is 0 Å². The van der Waals surface area contributed by atoms with Gasteiger partial charge in [-0.3, -0.25) is 0 Å². The highest BCUT2D eigenvalue weighted by molar-refractivity contribution is 5.53. The summed E-state index contributed by atoms with van der Waals surface area (Å²) in [7, 11) is 3.57. The SMILES string of the molecule is COc1cccc(CN(C)c2ncccc2C#N)c1. The Morgan fingerprint density at radius 1 is 1.32 bits per heavy atom. The first kappa shape index (κ1) is 12.9. The van der Waals surface area contributed by atoms with Crippen molar-refractivity contribution >= 4 is 5.82 Å². The second-order valence-electron chi connectivity index (χ2n) is 4.19. The largest absolute Gasteiger partial charge is 0.497 e. The predicted octanol–water partition coefficient (Wildman–Crippen LogP) is 2.60. The van der Waals surface area contributed by atoms with Crippen molar-refractivity contribution in [2.24, 2.45) is 0 Å². The minimum atomic E-state index is 0.577. The standard InChI is InChI=1S/C15H15N3O/c1-18(15-13(10-16)6-4-8-17-15)11-12-5-3-7-14(9-12)19-2/h3-9H,11H2,1-2H3. The molecule has 0 N–H and O–H groups in total. The van der Waals surface area contributed by atoms with Gasteiger partial charge in [-0.15, -0.1) is 0 Å². The molecule has 0 saturated carbocycles. The molecule has 2 aromatic rings. The van der Waals surface area contributed by atoms with Gasteiger partial charge in [0.05, 0.1) is 12.7 Å². The molecule has 1 aromatic carbocycles. The maximum absolute atomic E-state index is 9.08. The number of anilines is 1. The number of hydrogen-bond donors (Lipinski definition) is 0. The summed E-state index contributed by atoms with van der Waals surface area (Å²) < 4.78 is 5.20. The average molecular weight is 253 g/mol. The van der Waals surface area contributed by atoms with Gasteiger partial charge in [-0.05, 0) is 29.8 Å². The van der Waals surface area contributed by atoms with E-state index in [4.69, 9.17) is 10.00 Å². The third-order valence-corrected chi connectivity index (χ3v) is 2.82. The summed E-state index contributed by atoms with van der Waals surface area (Å²) in [4.78, 5) is 6.21. The van der Waals surface area contributed by atoms with Gasteiger partial charge in [-0.1, -0.05) is 12.1 Å². The topological polar surface area (TPSA) is 49.1 Å². The average Bonchev–Trinajstić information content (AvgIpc) is 2.47. The lowest BCUT2D eigenvalue weighted by Crippen LogP contribution is -2.18. The van der Waals surface area contributed by atoms with Crippen LogP contribution in [0.15, 0.2) is 42.6 Å². The molecular formula is C15H15N3O. The highest BCUT2D eigenvalue weighted by Gasteiger charge is 2.09. The summed E-state index contributed by atoms with van der Waals surface area (Å²) in [5.41, 5.74) is 1.68. The van der Waals surface area contributed by atoms with Crippen molar-refractivity contribution in [3.8, 4) is 11.8 Å². The molecule has 0 aliphatic carbocycles. The van der Waals surface area contributed by atoms with Crippen LogP contribution < -0.4 is 9.64 Å². The van der Waals surface area contributed by atoms with Crippen LogP contribution >= 0.6 is 0 Å². The molecule has 0 atom stereocenters. The molecule has 1 aromatic heterocycles. The molecule has 4 heteroatoms. The molecule has 0 saturated heterocycles. The Hall–Kier alpha value is -2.54. The summed E-state index contributed by atoms with van der Waals surface area (Å²) in [5.74, 6) is 1.51. The number of aromatic nitrogens is 1. The second kappa shape index (κ2) is 5.87. The molecule has 2 rings (SSSR count). The first-order chi connectivity index (χ1) is 9.24. The van der Waals surface area contributed by atoms with E-state index in [1.165, 1.54) is 0 Å². The van der Waals surface area contributed by atoms with Crippen molar-refractivity contribution < 1.29 is 4.74 Å². The number of pyridine rings is 1. The van der Waals surface area contributed by atoms with E-state index in [1.807, 2.05) is 36.2 Å². The normalized spacial score (nSPS) is 9.74. The molecule has 0 spiro atoms. The van der Waals surface area contributed by atoms with Gasteiger partial charge in [-0.2, -0.15) is 5.26 Å². The summed E-state index contributed by atoms with van der Waals surface area (Å²) in [6, 6.07) is 13.5. The molecule has 0 unspecified atom stereocenters. The lowest BCUT2D eigenvalue weighted by Gasteiger charge is -2.19. The van der Waals surface area contributed by atoms with Gasteiger partial charge >= 0.3 is 0 Å². The fourth-order valence-corrected chi connectivity index (χ4v) is 1.91. The molecule has 0 bridgehead atoms. The summed E-state index contributed by atoms with van der Waals surface area (Å²) in [6.45, 7) is 0.670. The number of nitrogens with zero attached hydrogens (tertiary/aromatic N) is 3. The van der Waals surface area contributed by atoms with Gasteiger partial charge < -0.3 is 9.64 Å². The number of ether oxygens (including phenoxy) is 1. The monoisotopic (exact) mass is 253 g/mol. The minimum absolute atomic E-state index is 0.577. The van der Waals surface area contributed by atoms with Crippen molar-refractivity contribution in [3.05, 3.63) is 53.7 Å². The van der Waals surface area contributed by atoms with Crippen LogP contribution in [-0.4, -0.2) is 19.1 Å². The number of rotatable bonds is 4. The predicted molar refractivity (Wildman–Crippen MR) is 74.1 cm³/mol. The summed E-state index contributed by atoms with van der Waals surface area (Å²) in [5, 5.41) is 9.08. The molecule has 0 aliphatic rings. The quantitative estimate of drug-likeness (QED) is 0.840. The Morgan fingerprint density at radius 2 is 2.16 bits per heavy atom. The number of nitriles is 1. The van der Waals surface area contributed by atoms with Gasteiger partial charge in [0.2, 0.25) is 0 Å². The van der Waals surface area contributed by atoms with Crippen LogP contribution in [0.4, 0.5) is 5.82 Å². The number of methoxy groups -OCH3 is 1. The highest BCUT2D eigenvalue weighted by Crippen LogP contribution is 2.19. The second-order valence-corrected chi connectivity index (χ2v) is 4.19. The molecule has 0 amide bonds. The summed E-state index contributed by atoms with van der Waals surface area (Å²) in [6.07, 6.45) is 1.69. The highest BCUT2D eigenvalue weighted by atomic mass is 16.5. The fourth-order valence-electron chi connectivity index (χ4n) is 1.91. The van der Waals surface area contributed by atoms with Gasteiger partial charge in [0.15, 0.2) is 0 Å². The molecule has 96 valence electrons.